The standard InChI is InChI=1S/C37H53N3OS.C6H11NO2.2C2H6.CH2O/c1-5-31(32-16-13-28(4)14-17-32)10-7-9-30-23-24-38-36(40-26-30)33-11-6-8-29(15-18-33)22-25-39-37(41)35-21-20-34(42-35)19-12-27(2)3;1-7-3-2-5(4-7)6(8)9;3*1-2/h6,11,15,18,20-21,24,26-28,31-32H,5,7-10,12-14,16-17,19,22-23,25H2,1-4H3,(H,39,41);5H,2-4H2,1H3,(H,8,9);2*1-2H3;1H2. The van der Waals surface area contributed by atoms with Crippen molar-refractivity contribution in [2.75, 3.05) is 26.7 Å². The van der Waals surface area contributed by atoms with Crippen LogP contribution in [0.5, 0.6) is 0 Å². The smallest absolute Gasteiger partial charge is 0.307 e. The molecule has 1 aromatic heterocycles. The average Bonchev–Trinajstić information content (AvgIpc) is 3.75. The van der Waals surface area contributed by atoms with Crippen LogP contribution in [0.25, 0.3) is 0 Å². The van der Waals surface area contributed by atoms with Gasteiger partial charge in [0, 0.05) is 42.4 Å². The first-order valence-electron chi connectivity index (χ1n) is 22.0. The topological polar surface area (TPSA) is 111 Å². The third-order valence-corrected chi connectivity index (χ3v) is 12.2. The van der Waals surface area contributed by atoms with E-state index in [1.807, 2.05) is 58.7 Å². The summed E-state index contributed by atoms with van der Waals surface area (Å²) in [5.74, 6) is 3.50. The Kier molecular flexibility index (Phi) is 27.7. The Morgan fingerprint density at radius 1 is 0.965 bits per heavy atom. The third kappa shape index (κ3) is 20.2. The van der Waals surface area contributed by atoms with Gasteiger partial charge >= 0.3 is 5.97 Å². The van der Waals surface area contributed by atoms with Crippen molar-refractivity contribution in [3.63, 3.8) is 0 Å². The minimum atomic E-state index is -0.653. The summed E-state index contributed by atoms with van der Waals surface area (Å²) in [7, 11) is 1.95. The van der Waals surface area contributed by atoms with Gasteiger partial charge in [-0.15, -0.1) is 11.3 Å². The summed E-state index contributed by atoms with van der Waals surface area (Å²) in [5.41, 5.74) is 3.74. The van der Waals surface area contributed by atoms with Crippen LogP contribution < -0.4 is 5.32 Å². The second-order valence-corrected chi connectivity index (χ2v) is 16.8. The molecule has 2 unspecified atom stereocenters. The number of nitrogens with one attached hydrogen (secondary N) is 1. The monoisotopic (exact) mass is 807 g/mol. The summed E-state index contributed by atoms with van der Waals surface area (Å²) in [5, 5.41) is 11.6. The van der Waals surface area contributed by atoms with Crippen molar-refractivity contribution in [3.05, 3.63) is 69.1 Å². The third-order valence-electron chi connectivity index (χ3n) is 11.0. The summed E-state index contributed by atoms with van der Waals surface area (Å²) < 4.78 is 0. The molecule has 1 saturated carbocycles. The average molecular weight is 807 g/mol. The van der Waals surface area contributed by atoms with Crippen LogP contribution in [0.15, 0.2) is 69.3 Å². The molecule has 3 heterocycles. The highest BCUT2D eigenvalue weighted by atomic mass is 32.1. The maximum Gasteiger partial charge on any atom is 0.307 e. The molecule has 4 aliphatic rings. The van der Waals surface area contributed by atoms with Crippen LogP contribution in [-0.4, -0.2) is 67.4 Å². The zero-order valence-corrected chi connectivity index (χ0v) is 38.0. The maximum absolute atomic E-state index is 12.6. The Balaban J connectivity index is 0.000000924. The molecule has 57 heavy (non-hydrogen) atoms. The maximum atomic E-state index is 12.6. The van der Waals surface area contributed by atoms with Crippen LogP contribution in [0.4, 0.5) is 0 Å². The van der Waals surface area contributed by atoms with Gasteiger partial charge in [0.15, 0.2) is 5.84 Å². The van der Waals surface area contributed by atoms with Gasteiger partial charge in [0.05, 0.1) is 10.8 Å². The molecule has 320 valence electrons. The summed E-state index contributed by atoms with van der Waals surface area (Å²) in [4.78, 5) is 44.6. The van der Waals surface area contributed by atoms with Crippen LogP contribution in [0.2, 0.25) is 0 Å². The molecule has 0 bridgehead atoms. The van der Waals surface area contributed by atoms with Crippen molar-refractivity contribution in [1.82, 2.24) is 10.2 Å². The fraction of sp³-hybridized carbons (Fsp3) is 0.646. The molecule has 8 nitrogen and oxygen atoms in total. The van der Waals surface area contributed by atoms with Crippen LogP contribution in [0.3, 0.4) is 0 Å². The Morgan fingerprint density at radius 3 is 2.30 bits per heavy atom. The van der Waals surface area contributed by atoms with E-state index in [-0.39, 0.29) is 11.8 Å². The molecule has 1 saturated heterocycles. The molecular formula is C48H78N4O4S. The molecule has 0 radical (unpaired) electrons. The second-order valence-electron chi connectivity index (χ2n) is 15.7. The van der Waals surface area contributed by atoms with Gasteiger partial charge in [0.1, 0.15) is 6.79 Å². The van der Waals surface area contributed by atoms with Gasteiger partial charge in [-0.3, -0.25) is 9.59 Å². The first-order valence-corrected chi connectivity index (χ1v) is 22.8. The van der Waals surface area contributed by atoms with E-state index in [9.17, 15) is 9.59 Å². The number of likely N-dealkylation sites (tertiary alicyclic amines) is 1. The fourth-order valence-corrected chi connectivity index (χ4v) is 8.49. The summed E-state index contributed by atoms with van der Waals surface area (Å²) >= 11 is 1.62. The highest BCUT2D eigenvalue weighted by Crippen LogP contribution is 2.37. The summed E-state index contributed by atoms with van der Waals surface area (Å²) in [6.45, 7) is 21.6. The van der Waals surface area contributed by atoms with E-state index in [1.54, 1.807) is 11.3 Å². The van der Waals surface area contributed by atoms with Gasteiger partial charge in [-0.05, 0) is 119 Å². The highest BCUT2D eigenvalue weighted by Gasteiger charge is 2.26. The van der Waals surface area contributed by atoms with Crippen LogP contribution in [-0.2, 0) is 16.0 Å². The van der Waals surface area contributed by atoms with Crippen molar-refractivity contribution >= 4 is 42.1 Å². The van der Waals surface area contributed by atoms with Crippen molar-refractivity contribution < 1.29 is 19.5 Å². The van der Waals surface area contributed by atoms with Crippen LogP contribution >= 0.6 is 11.3 Å². The van der Waals surface area contributed by atoms with Crippen molar-refractivity contribution in [1.29, 1.82) is 0 Å². The van der Waals surface area contributed by atoms with E-state index in [1.165, 1.54) is 61.0 Å². The Labute approximate surface area is 351 Å². The van der Waals surface area contributed by atoms with Crippen LogP contribution in [0.1, 0.15) is 153 Å². The summed E-state index contributed by atoms with van der Waals surface area (Å²) in [6, 6.07) is 4.07. The van der Waals surface area contributed by atoms with Gasteiger partial charge in [0.25, 0.3) is 5.91 Å². The number of carboxylic acids is 1. The van der Waals surface area contributed by atoms with E-state index in [4.69, 9.17) is 19.9 Å². The molecule has 1 amide bonds. The first kappa shape index (κ1) is 51.6. The number of amides is 1. The number of hydrogen-bond donors (Lipinski definition) is 2. The minimum Gasteiger partial charge on any atom is -0.481 e. The number of hydrogen-bond acceptors (Lipinski definition) is 7. The van der Waals surface area contributed by atoms with E-state index in [0.717, 1.165) is 92.1 Å². The Morgan fingerprint density at radius 2 is 1.68 bits per heavy atom. The molecule has 2 aliphatic carbocycles. The highest BCUT2D eigenvalue weighted by molar-refractivity contribution is 7.14. The number of carboxylic acid groups (broad SMARTS) is 1. The van der Waals surface area contributed by atoms with E-state index in [2.05, 4.69) is 69.6 Å². The normalized spacial score (nSPS) is 20.8. The minimum absolute atomic E-state index is 0.0374. The fourth-order valence-electron chi connectivity index (χ4n) is 7.55. The predicted octanol–water partition coefficient (Wildman–Crippen LogP) is 11.9. The number of amidine groups is 1. The van der Waals surface area contributed by atoms with Crippen LogP contribution in [0, 0.1) is 29.6 Å². The number of nitrogens with zero attached hydrogens (tertiary/aromatic N) is 3. The first-order chi connectivity index (χ1) is 27.6. The lowest BCUT2D eigenvalue weighted by atomic mass is 9.74. The van der Waals surface area contributed by atoms with Crippen molar-refractivity contribution in [3.8, 4) is 0 Å². The second kappa shape index (κ2) is 30.6. The molecule has 2 aliphatic heterocycles. The van der Waals surface area contributed by atoms with Gasteiger partial charge in [-0.1, -0.05) is 105 Å². The zero-order valence-electron chi connectivity index (χ0n) is 37.2. The lowest BCUT2D eigenvalue weighted by molar-refractivity contribution is -0.141. The quantitative estimate of drug-likeness (QED) is 0.183. The number of aliphatic carboxylic acids is 1. The lowest BCUT2D eigenvalue weighted by Crippen LogP contribution is -2.23. The largest absolute Gasteiger partial charge is 0.481 e. The molecule has 0 spiro atoms. The number of thiophene rings is 1. The summed E-state index contributed by atoms with van der Waals surface area (Å²) in [6.07, 6.45) is 29.1. The number of aryl methyl sites for hydroxylation is 1. The zero-order chi connectivity index (χ0) is 42.6. The Bertz CT molecular complexity index is 1480. The number of allylic oxidation sites excluding steroid dienone is 4. The van der Waals surface area contributed by atoms with Gasteiger partial charge < -0.3 is 20.1 Å². The molecular weight excluding hydrogens is 729 g/mol. The van der Waals surface area contributed by atoms with E-state index in [0.29, 0.717) is 12.5 Å². The molecule has 2 atom stereocenters. The molecule has 9 heteroatoms. The van der Waals surface area contributed by atoms with E-state index >= 15 is 0 Å². The number of carbonyl (C=O) groups excluding carboxylic acids is 2. The number of rotatable bonds is 15. The number of aliphatic imine (C=N–C) groups is 2. The molecule has 1 aromatic rings. The van der Waals surface area contributed by atoms with Gasteiger partial charge in [0.2, 0.25) is 0 Å². The molecule has 5 rings (SSSR count). The lowest BCUT2D eigenvalue weighted by Gasteiger charge is -2.32. The predicted molar refractivity (Wildman–Crippen MR) is 245 cm³/mol. The van der Waals surface area contributed by atoms with Gasteiger partial charge in [-0.25, -0.2) is 9.98 Å². The molecule has 2 N–H and O–H groups in total. The SMILES string of the molecule is C=O.CC.CC.CCC(CCCC1=CN=C(C2=CC=C(CCNC(=O)c3ccc(CCC(C)C)s3)CC=C2)N=CC1)C1CCC(C)CC1.CN1CCC(C(=O)O)C1. The number of carbonyl (C=O) groups is 3. The Hall–Kier alpha value is -3.43. The van der Waals surface area contributed by atoms with Crippen molar-refractivity contribution in [2.45, 2.75) is 145 Å². The molecule has 0 aromatic carbocycles. The van der Waals surface area contributed by atoms with Gasteiger partial charge in [-0.2, -0.15) is 0 Å². The van der Waals surface area contributed by atoms with E-state index < -0.39 is 5.97 Å². The van der Waals surface area contributed by atoms with Crippen molar-refractivity contribution in [2.24, 2.45) is 39.6 Å². The molecule has 2 fully saturated rings.